The number of hydrogen-bond donors (Lipinski definition) is 4. The smallest absolute Gasteiger partial charge is 0.416 e. The molecule has 1 fully saturated rings. The summed E-state index contributed by atoms with van der Waals surface area (Å²) in [5, 5.41) is 9.49. The molecule has 0 bridgehead atoms. The number of aryl methyl sites for hydroxylation is 2. The van der Waals surface area contributed by atoms with Crippen LogP contribution in [0.4, 0.5) is 13.2 Å². The summed E-state index contributed by atoms with van der Waals surface area (Å²) in [5.74, 6) is -0.212. The van der Waals surface area contributed by atoms with Crippen molar-refractivity contribution in [2.75, 3.05) is 6.54 Å². The monoisotopic (exact) mass is 545 g/mol. The third-order valence-corrected chi connectivity index (χ3v) is 7.73. The van der Waals surface area contributed by atoms with Crippen molar-refractivity contribution in [2.24, 2.45) is 11.5 Å². The number of aromatic nitrogens is 1. The maximum atomic E-state index is 13.7. The number of carboxylic acid groups (broad SMARTS) is 1. The molecule has 212 valence electrons. The Kier molecular flexibility index (Phi) is 9.56. The highest BCUT2D eigenvalue weighted by Gasteiger charge is 2.36. The molecule has 1 aromatic heterocycles. The molecule has 1 heterocycles. The normalized spacial score (nSPS) is 16.1. The van der Waals surface area contributed by atoms with Gasteiger partial charge >= 0.3 is 12.1 Å². The fourth-order valence-corrected chi connectivity index (χ4v) is 5.64. The van der Waals surface area contributed by atoms with Gasteiger partial charge in [0.1, 0.15) is 18.4 Å². The van der Waals surface area contributed by atoms with Crippen molar-refractivity contribution in [3.63, 3.8) is 0 Å². The summed E-state index contributed by atoms with van der Waals surface area (Å²) in [6.45, 7) is 0.735. The van der Waals surface area contributed by atoms with Gasteiger partial charge in [-0.3, -0.25) is 4.79 Å². The van der Waals surface area contributed by atoms with Gasteiger partial charge < -0.3 is 26.3 Å². The van der Waals surface area contributed by atoms with Gasteiger partial charge in [-0.25, -0.2) is 0 Å². The first-order valence-electron chi connectivity index (χ1n) is 13.8. The first-order valence-corrected chi connectivity index (χ1v) is 13.8. The number of benzene rings is 2. The topological polar surface area (TPSA) is 114 Å². The largest absolute Gasteiger partial charge is 0.489 e. The van der Waals surface area contributed by atoms with Crippen LogP contribution < -0.4 is 16.2 Å². The molecule has 9 heteroatoms. The van der Waals surface area contributed by atoms with Crippen molar-refractivity contribution < 1.29 is 27.8 Å². The summed E-state index contributed by atoms with van der Waals surface area (Å²) < 4.78 is 46.9. The van der Waals surface area contributed by atoms with Crippen molar-refractivity contribution in [1.29, 1.82) is 0 Å². The van der Waals surface area contributed by atoms with Crippen molar-refractivity contribution in [3.8, 4) is 5.75 Å². The van der Waals surface area contributed by atoms with Crippen molar-refractivity contribution in [1.82, 2.24) is 4.98 Å². The molecule has 6 N–H and O–H groups in total. The molecule has 2 aliphatic rings. The van der Waals surface area contributed by atoms with Crippen LogP contribution in [-0.2, 0) is 30.4 Å². The number of fused-ring (bicyclic) bond motifs is 3. The van der Waals surface area contributed by atoms with Crippen LogP contribution >= 0.6 is 0 Å². The molecule has 0 unspecified atom stereocenters. The fraction of sp³-hybridized carbons (Fsp3) is 0.500. The van der Waals surface area contributed by atoms with Gasteiger partial charge in [0.15, 0.2) is 0 Å². The third kappa shape index (κ3) is 7.33. The predicted molar refractivity (Wildman–Crippen MR) is 146 cm³/mol. The van der Waals surface area contributed by atoms with E-state index in [1.54, 1.807) is 12.1 Å². The van der Waals surface area contributed by atoms with Crippen LogP contribution in [0.1, 0.15) is 85.2 Å². The minimum absolute atomic E-state index is 0.0275. The van der Waals surface area contributed by atoms with Crippen LogP contribution in [0, 0.1) is 0 Å². The van der Waals surface area contributed by atoms with E-state index >= 15 is 0 Å². The molecule has 6 nitrogen and oxygen atoms in total. The number of nitrogens with two attached hydrogens (primary N) is 2. The Bertz CT molecular complexity index is 1270. The minimum Gasteiger partial charge on any atom is -0.489 e. The molecule has 1 saturated carbocycles. The zero-order chi connectivity index (χ0) is 28.0. The van der Waals surface area contributed by atoms with Crippen molar-refractivity contribution >= 4 is 16.9 Å². The number of halogens is 3. The van der Waals surface area contributed by atoms with E-state index in [1.165, 1.54) is 22.7 Å². The number of aromatic amines is 1. The number of nitrogens with one attached hydrogen (secondary N) is 1. The highest BCUT2D eigenvalue weighted by atomic mass is 19.4. The molecule has 0 radical (unpaired) electrons. The highest BCUT2D eigenvalue weighted by molar-refractivity contribution is 5.86. The molecular formula is C30H38F3N3O3. The van der Waals surface area contributed by atoms with Crippen LogP contribution in [0.3, 0.4) is 0 Å². The molecule has 0 aliphatic heterocycles. The van der Waals surface area contributed by atoms with E-state index in [4.69, 9.17) is 21.3 Å². The van der Waals surface area contributed by atoms with Gasteiger partial charge in [-0.15, -0.1) is 0 Å². The summed E-state index contributed by atoms with van der Waals surface area (Å²) >= 11 is 0. The number of aliphatic carboxylic acids is 1. The van der Waals surface area contributed by atoms with Crippen LogP contribution in [0.5, 0.6) is 5.75 Å². The highest BCUT2D eigenvalue weighted by Crippen LogP contribution is 2.42. The van der Waals surface area contributed by atoms with Gasteiger partial charge in [0.2, 0.25) is 0 Å². The first kappa shape index (κ1) is 29.0. The Hall–Kier alpha value is -3.04. The lowest BCUT2D eigenvalue weighted by Crippen LogP contribution is -2.29. The third-order valence-electron chi connectivity index (χ3n) is 7.73. The van der Waals surface area contributed by atoms with Crippen LogP contribution in [-0.4, -0.2) is 28.6 Å². The van der Waals surface area contributed by atoms with Gasteiger partial charge in [0.25, 0.3) is 0 Å². The Morgan fingerprint density at radius 1 is 1.08 bits per heavy atom. The van der Waals surface area contributed by atoms with Gasteiger partial charge in [0, 0.05) is 16.6 Å². The van der Waals surface area contributed by atoms with Crippen molar-refractivity contribution in [2.45, 2.75) is 89.0 Å². The van der Waals surface area contributed by atoms with Gasteiger partial charge in [-0.05, 0) is 98.4 Å². The average Bonchev–Trinajstić information content (AvgIpc) is 3.66. The second-order valence-corrected chi connectivity index (χ2v) is 10.6. The molecular weight excluding hydrogens is 507 g/mol. The van der Waals surface area contributed by atoms with Crippen LogP contribution in [0.15, 0.2) is 36.4 Å². The number of alkyl halides is 3. The number of carbonyl (C=O) groups is 1. The zero-order valence-corrected chi connectivity index (χ0v) is 22.2. The second-order valence-electron chi connectivity index (χ2n) is 10.6. The van der Waals surface area contributed by atoms with Gasteiger partial charge in [-0.2, -0.15) is 13.2 Å². The maximum absolute atomic E-state index is 13.7. The van der Waals surface area contributed by atoms with Gasteiger partial charge in [-0.1, -0.05) is 31.4 Å². The lowest BCUT2D eigenvalue weighted by molar-refractivity contribution is -0.139. The number of unbranched alkanes of at least 4 members (excludes halogenated alkanes) is 1. The molecule has 5 rings (SSSR count). The number of rotatable bonds is 9. The molecule has 39 heavy (non-hydrogen) atoms. The van der Waals surface area contributed by atoms with Gasteiger partial charge in [0.05, 0.1) is 5.56 Å². The van der Waals surface area contributed by atoms with Crippen LogP contribution in [0.2, 0.25) is 0 Å². The predicted octanol–water partition coefficient (Wildman–Crippen LogP) is 6.44. The number of carboxylic acids is 1. The summed E-state index contributed by atoms with van der Waals surface area (Å²) in [5.41, 5.74) is 14.7. The molecule has 0 spiro atoms. The summed E-state index contributed by atoms with van der Waals surface area (Å²) in [4.78, 5) is 13.6. The summed E-state index contributed by atoms with van der Waals surface area (Å²) in [7, 11) is 0. The Labute approximate surface area is 226 Å². The quantitative estimate of drug-likeness (QED) is 0.231. The second kappa shape index (κ2) is 12.9. The van der Waals surface area contributed by atoms with E-state index in [0.29, 0.717) is 29.8 Å². The number of hydrogen-bond acceptors (Lipinski definition) is 4. The van der Waals surface area contributed by atoms with E-state index < -0.39 is 23.8 Å². The minimum atomic E-state index is -4.33. The molecule has 2 aromatic carbocycles. The summed E-state index contributed by atoms with van der Waals surface area (Å²) in [6.07, 6.45) is 4.85. The molecule has 0 saturated heterocycles. The Morgan fingerprint density at radius 3 is 2.54 bits per heavy atom. The van der Waals surface area contributed by atoms with E-state index in [2.05, 4.69) is 4.98 Å². The first-order chi connectivity index (χ1) is 18.7. The standard InChI is InChI=1S/C24H24F3NO.C6H14N2O2/c25-24(26,27)21-12-15(8-10-18(21)16-4-1-2-5-16)14-29-17-9-11-23-20(13-17)19-6-3-7-22(19)28-23;7-4-2-1-3-5(8)6(9)10/h8-13,16,28H,1-7,14H2;5H,1-4,7-8H2,(H,9,10)/t;5-/m.1/s1. The van der Waals surface area contributed by atoms with Crippen molar-refractivity contribution in [3.05, 3.63) is 64.3 Å². The lowest BCUT2D eigenvalue weighted by Gasteiger charge is -2.19. The number of ether oxygens (including phenoxy) is 1. The van der Waals surface area contributed by atoms with E-state index in [1.807, 2.05) is 18.2 Å². The average molecular weight is 546 g/mol. The fourth-order valence-electron chi connectivity index (χ4n) is 5.64. The molecule has 1 atom stereocenters. The molecule has 3 aromatic rings. The Morgan fingerprint density at radius 2 is 1.85 bits per heavy atom. The SMILES string of the molecule is FC(F)(F)c1cc(COc2ccc3[nH]c4c(c3c2)CCC4)ccc1C1CCCC1.NCCCC[C@@H](N)C(=O)O. The lowest BCUT2D eigenvalue weighted by atomic mass is 9.91. The summed E-state index contributed by atoms with van der Waals surface area (Å²) in [6, 6.07) is 9.90. The van der Waals surface area contributed by atoms with E-state index in [0.717, 1.165) is 63.3 Å². The molecule has 0 amide bonds. The maximum Gasteiger partial charge on any atom is 0.416 e. The Balaban J connectivity index is 0.000000303. The van der Waals surface area contributed by atoms with E-state index in [9.17, 15) is 18.0 Å². The zero-order valence-electron chi connectivity index (χ0n) is 22.2. The van der Waals surface area contributed by atoms with Crippen LogP contribution in [0.25, 0.3) is 10.9 Å². The van der Waals surface area contributed by atoms with E-state index in [-0.39, 0.29) is 12.5 Å². The number of H-pyrrole nitrogens is 1. The molecule has 2 aliphatic carbocycles.